The molecule has 1 aromatic carbocycles. The number of benzene rings is 1. The second kappa shape index (κ2) is 14.7. The van der Waals surface area contributed by atoms with Crippen LogP contribution in [0.5, 0.6) is 0 Å². The number of carbonyl (C=O) groups is 4. The highest BCUT2D eigenvalue weighted by atomic mass is 16.4. The number of unbranched alkanes of at least 4 members (excludes halogenated alkanes) is 2. The zero-order valence-electron chi connectivity index (χ0n) is 19.8. The molecule has 35 heavy (non-hydrogen) atoms. The average molecular weight is 489 g/mol. The molecule has 0 radical (unpaired) electrons. The van der Waals surface area contributed by atoms with Crippen molar-refractivity contribution < 1.29 is 24.3 Å². The lowest BCUT2D eigenvalue weighted by molar-refractivity contribution is -0.142. The number of para-hydroxylation sites is 1. The van der Waals surface area contributed by atoms with E-state index in [2.05, 4.69) is 20.9 Å². The first-order valence-electron chi connectivity index (χ1n) is 11.9. The number of carboxylic acid groups (broad SMARTS) is 1. The number of hydrogen-bond acceptors (Lipinski definition) is 6. The smallest absolute Gasteiger partial charge is 0.326 e. The van der Waals surface area contributed by atoms with Crippen LogP contribution in [0.15, 0.2) is 30.5 Å². The summed E-state index contributed by atoms with van der Waals surface area (Å²) in [5, 5.41) is 18.2. The van der Waals surface area contributed by atoms with Crippen molar-refractivity contribution in [3.05, 3.63) is 36.0 Å². The summed E-state index contributed by atoms with van der Waals surface area (Å²) >= 11 is 0. The lowest BCUT2D eigenvalue weighted by Crippen LogP contribution is -2.55. The SMILES string of the molecule is NCCCC[C@H](NC(=O)[C@H](Cc1c[nH]c2ccccc12)NC=O)C(=O)N[C@H](CCCCN)C(=O)O. The van der Waals surface area contributed by atoms with E-state index in [1.54, 1.807) is 6.20 Å². The van der Waals surface area contributed by atoms with E-state index < -0.39 is 35.9 Å². The van der Waals surface area contributed by atoms with Crippen LogP contribution in [0.1, 0.15) is 44.1 Å². The number of aromatic amines is 1. The van der Waals surface area contributed by atoms with Gasteiger partial charge in [0.05, 0.1) is 0 Å². The first kappa shape index (κ1) is 27.8. The molecular formula is C24H36N6O5. The molecule has 1 heterocycles. The molecule has 9 N–H and O–H groups in total. The number of nitrogens with one attached hydrogen (secondary N) is 4. The van der Waals surface area contributed by atoms with Gasteiger partial charge in [-0.2, -0.15) is 0 Å². The van der Waals surface area contributed by atoms with Gasteiger partial charge in [0.25, 0.3) is 0 Å². The highest BCUT2D eigenvalue weighted by molar-refractivity contribution is 5.93. The van der Waals surface area contributed by atoms with Gasteiger partial charge in [0.1, 0.15) is 18.1 Å². The Labute approximate surface area is 204 Å². The normalized spacial score (nSPS) is 13.5. The molecule has 11 heteroatoms. The topological polar surface area (TPSA) is 192 Å². The molecule has 0 aliphatic heterocycles. The monoisotopic (exact) mass is 488 g/mol. The summed E-state index contributed by atoms with van der Waals surface area (Å²) in [6, 6.07) is 4.62. The Morgan fingerprint density at radius 3 is 2.14 bits per heavy atom. The third kappa shape index (κ3) is 8.69. The van der Waals surface area contributed by atoms with Gasteiger partial charge in [0.15, 0.2) is 0 Å². The van der Waals surface area contributed by atoms with Gasteiger partial charge in [-0.15, -0.1) is 0 Å². The minimum atomic E-state index is -1.15. The van der Waals surface area contributed by atoms with E-state index in [1.165, 1.54) is 0 Å². The minimum Gasteiger partial charge on any atom is -0.480 e. The highest BCUT2D eigenvalue weighted by Crippen LogP contribution is 2.19. The fraction of sp³-hybridized carbons (Fsp3) is 0.500. The second-order valence-electron chi connectivity index (χ2n) is 8.43. The maximum atomic E-state index is 13.1. The molecule has 0 unspecified atom stereocenters. The average Bonchev–Trinajstić information content (AvgIpc) is 3.25. The van der Waals surface area contributed by atoms with Crippen molar-refractivity contribution >= 4 is 35.1 Å². The number of amides is 3. The predicted octanol–water partition coefficient (Wildman–Crippen LogP) is 0.137. The molecule has 3 atom stereocenters. The first-order valence-corrected chi connectivity index (χ1v) is 11.9. The van der Waals surface area contributed by atoms with Crippen LogP contribution in [0.4, 0.5) is 0 Å². The van der Waals surface area contributed by atoms with E-state index in [1.807, 2.05) is 24.3 Å². The number of rotatable bonds is 17. The quantitative estimate of drug-likeness (QED) is 0.121. The molecule has 0 saturated carbocycles. The van der Waals surface area contributed by atoms with Crippen molar-refractivity contribution in [3.8, 4) is 0 Å². The third-order valence-electron chi connectivity index (χ3n) is 5.83. The van der Waals surface area contributed by atoms with Crippen LogP contribution in [-0.4, -0.2) is 65.5 Å². The summed E-state index contributed by atoms with van der Waals surface area (Å²) < 4.78 is 0. The van der Waals surface area contributed by atoms with Crippen LogP contribution in [0.2, 0.25) is 0 Å². The van der Waals surface area contributed by atoms with E-state index in [4.69, 9.17) is 11.5 Å². The molecule has 0 aliphatic rings. The number of hydrogen-bond donors (Lipinski definition) is 7. The van der Waals surface area contributed by atoms with Gasteiger partial charge < -0.3 is 37.5 Å². The van der Waals surface area contributed by atoms with Crippen LogP contribution < -0.4 is 27.4 Å². The maximum absolute atomic E-state index is 13.1. The molecule has 2 rings (SSSR count). The first-order chi connectivity index (χ1) is 16.9. The van der Waals surface area contributed by atoms with Crippen molar-refractivity contribution in [3.63, 3.8) is 0 Å². The Balaban J connectivity index is 2.12. The van der Waals surface area contributed by atoms with Gasteiger partial charge in [0.2, 0.25) is 18.2 Å². The zero-order valence-corrected chi connectivity index (χ0v) is 19.8. The molecule has 11 nitrogen and oxygen atoms in total. The molecule has 1 aromatic heterocycles. The molecule has 2 aromatic rings. The maximum Gasteiger partial charge on any atom is 0.326 e. The Morgan fingerprint density at radius 1 is 0.914 bits per heavy atom. The summed E-state index contributed by atoms with van der Waals surface area (Å²) in [7, 11) is 0. The number of aromatic nitrogens is 1. The standard InChI is InChI=1S/C24H36N6O5/c25-11-5-3-9-19(22(32)30-20(24(34)35)10-4-6-12-26)29-23(33)21(28-15-31)13-16-14-27-18-8-2-1-7-17(16)18/h1-2,7-8,14-15,19-21,27H,3-6,9-13,25-26H2,(H,28,31)(H,29,33)(H,30,32)(H,34,35)/t19-,20+,21-/m0/s1. The van der Waals surface area contributed by atoms with E-state index >= 15 is 0 Å². The number of H-pyrrole nitrogens is 1. The zero-order chi connectivity index (χ0) is 25.6. The summed E-state index contributed by atoms with van der Waals surface area (Å²) in [6.07, 6.45) is 5.35. The molecule has 0 saturated heterocycles. The third-order valence-corrected chi connectivity index (χ3v) is 5.83. The minimum absolute atomic E-state index is 0.211. The molecule has 0 aliphatic carbocycles. The van der Waals surface area contributed by atoms with Crippen molar-refractivity contribution in [2.75, 3.05) is 13.1 Å². The van der Waals surface area contributed by atoms with Crippen LogP contribution in [0.3, 0.4) is 0 Å². The molecule has 0 bridgehead atoms. The van der Waals surface area contributed by atoms with Crippen LogP contribution in [0.25, 0.3) is 10.9 Å². The summed E-state index contributed by atoms with van der Waals surface area (Å²) in [4.78, 5) is 52.0. The fourth-order valence-electron chi connectivity index (χ4n) is 3.89. The van der Waals surface area contributed by atoms with Crippen molar-refractivity contribution in [1.82, 2.24) is 20.9 Å². The van der Waals surface area contributed by atoms with Gasteiger partial charge in [0, 0.05) is 23.5 Å². The second-order valence-corrected chi connectivity index (χ2v) is 8.43. The summed E-state index contributed by atoms with van der Waals surface area (Å²) in [6.45, 7) is 0.856. The lowest BCUT2D eigenvalue weighted by Gasteiger charge is -2.24. The van der Waals surface area contributed by atoms with Gasteiger partial charge in [-0.05, 0) is 63.2 Å². The van der Waals surface area contributed by atoms with Gasteiger partial charge >= 0.3 is 5.97 Å². The Morgan fingerprint density at radius 2 is 1.51 bits per heavy atom. The van der Waals surface area contributed by atoms with Gasteiger partial charge in [-0.1, -0.05) is 18.2 Å². The van der Waals surface area contributed by atoms with Crippen LogP contribution in [0, 0.1) is 0 Å². The Kier molecular flexibility index (Phi) is 11.7. The van der Waals surface area contributed by atoms with E-state index in [0.717, 1.165) is 16.5 Å². The Bertz CT molecular complexity index is 978. The molecule has 0 spiro atoms. The predicted molar refractivity (Wildman–Crippen MR) is 132 cm³/mol. The van der Waals surface area contributed by atoms with Crippen molar-refractivity contribution in [2.45, 2.75) is 63.1 Å². The highest BCUT2D eigenvalue weighted by Gasteiger charge is 2.29. The lowest BCUT2D eigenvalue weighted by atomic mass is 10.0. The van der Waals surface area contributed by atoms with E-state index in [0.29, 0.717) is 45.2 Å². The van der Waals surface area contributed by atoms with Gasteiger partial charge in [-0.3, -0.25) is 14.4 Å². The van der Waals surface area contributed by atoms with E-state index in [9.17, 15) is 24.3 Å². The molecule has 3 amide bonds. The molecule has 192 valence electrons. The Hall–Kier alpha value is -3.44. The number of nitrogens with two attached hydrogens (primary N) is 2. The van der Waals surface area contributed by atoms with Crippen molar-refractivity contribution in [1.29, 1.82) is 0 Å². The van der Waals surface area contributed by atoms with E-state index in [-0.39, 0.29) is 19.3 Å². The van der Waals surface area contributed by atoms with Crippen molar-refractivity contribution in [2.24, 2.45) is 11.5 Å². The van der Waals surface area contributed by atoms with Crippen LogP contribution >= 0.6 is 0 Å². The summed E-state index contributed by atoms with van der Waals surface area (Å²) in [5.74, 6) is -2.28. The largest absolute Gasteiger partial charge is 0.480 e. The molecule has 0 fully saturated rings. The van der Waals surface area contributed by atoms with Gasteiger partial charge in [-0.25, -0.2) is 4.79 Å². The van der Waals surface area contributed by atoms with Crippen LogP contribution in [-0.2, 0) is 25.6 Å². The number of carbonyl (C=O) groups excluding carboxylic acids is 3. The molecular weight excluding hydrogens is 452 g/mol. The number of aliphatic carboxylic acids is 1. The number of carboxylic acids is 1. The fourth-order valence-corrected chi connectivity index (χ4v) is 3.89. The summed E-state index contributed by atoms with van der Waals surface area (Å²) in [5.41, 5.74) is 12.8. The number of fused-ring (bicyclic) bond motifs is 1.